The van der Waals surface area contributed by atoms with Crippen LogP contribution in [0.25, 0.3) is 0 Å². The zero-order chi connectivity index (χ0) is 15.2. The van der Waals surface area contributed by atoms with E-state index in [0.29, 0.717) is 40.2 Å². The third-order valence-corrected chi connectivity index (χ3v) is 3.43. The molecule has 0 spiro atoms. The van der Waals surface area contributed by atoms with Gasteiger partial charge in [0.15, 0.2) is 0 Å². The molecule has 2 aromatic rings. The summed E-state index contributed by atoms with van der Waals surface area (Å²) in [5, 5.41) is 18.9. The molecule has 110 valence electrons. The summed E-state index contributed by atoms with van der Waals surface area (Å²) in [7, 11) is -1.47. The monoisotopic (exact) mass is 326 g/mol. The molecule has 0 aliphatic heterocycles. The number of benzene rings is 2. The molecule has 21 heavy (non-hydrogen) atoms. The Balaban J connectivity index is 1.77. The molecule has 0 saturated carbocycles. The first-order valence-electron chi connectivity index (χ1n) is 6.23. The minimum absolute atomic E-state index is 0.348. The van der Waals surface area contributed by atoms with E-state index in [1.165, 1.54) is 0 Å². The van der Waals surface area contributed by atoms with Crippen molar-refractivity contribution in [2.24, 2.45) is 0 Å². The Morgan fingerprint density at radius 2 is 1.38 bits per heavy atom. The summed E-state index contributed by atoms with van der Waals surface area (Å²) in [5.74, 6) is 1.24. The average Bonchev–Trinajstić information content (AvgIpc) is 2.47. The third-order valence-electron chi connectivity index (χ3n) is 2.69. The summed E-state index contributed by atoms with van der Waals surface area (Å²) in [5.41, 5.74) is 0.411. The fourth-order valence-electron chi connectivity index (χ4n) is 1.62. The quantitative estimate of drug-likeness (QED) is 0.630. The van der Waals surface area contributed by atoms with E-state index in [9.17, 15) is 0 Å². The van der Waals surface area contributed by atoms with Crippen molar-refractivity contribution in [1.82, 2.24) is 0 Å². The van der Waals surface area contributed by atoms with Gasteiger partial charge < -0.3 is 19.5 Å². The molecule has 0 bridgehead atoms. The summed E-state index contributed by atoms with van der Waals surface area (Å²) in [6.07, 6.45) is 0. The standard InChI is InChI=1S/C14H13BCl2O4/c16-13-6-5-12(9-14(13)17)21-8-7-20-11-3-1-10(2-4-11)15(18)19/h1-6,9,18-19H,7-8H2. The van der Waals surface area contributed by atoms with Gasteiger partial charge in [0.25, 0.3) is 0 Å². The van der Waals surface area contributed by atoms with Crippen LogP contribution in [0.1, 0.15) is 0 Å². The van der Waals surface area contributed by atoms with Crippen molar-refractivity contribution >= 4 is 35.8 Å². The number of rotatable bonds is 6. The van der Waals surface area contributed by atoms with Gasteiger partial charge >= 0.3 is 7.12 Å². The predicted molar refractivity (Wildman–Crippen MR) is 83.7 cm³/mol. The van der Waals surface area contributed by atoms with Crippen molar-refractivity contribution in [2.45, 2.75) is 0 Å². The van der Waals surface area contributed by atoms with E-state index in [-0.39, 0.29) is 0 Å². The molecular formula is C14H13BCl2O4. The van der Waals surface area contributed by atoms with Gasteiger partial charge in [-0.25, -0.2) is 0 Å². The van der Waals surface area contributed by atoms with E-state index in [1.54, 1.807) is 42.5 Å². The van der Waals surface area contributed by atoms with Crippen LogP contribution in [0.4, 0.5) is 0 Å². The maximum Gasteiger partial charge on any atom is 0.488 e. The van der Waals surface area contributed by atoms with Crippen LogP contribution < -0.4 is 14.9 Å². The summed E-state index contributed by atoms with van der Waals surface area (Å²) in [4.78, 5) is 0. The van der Waals surface area contributed by atoms with Crippen molar-refractivity contribution in [2.75, 3.05) is 13.2 Å². The van der Waals surface area contributed by atoms with Crippen molar-refractivity contribution in [3.8, 4) is 11.5 Å². The molecule has 2 N–H and O–H groups in total. The fourth-order valence-corrected chi connectivity index (χ4v) is 1.91. The lowest BCUT2D eigenvalue weighted by atomic mass is 9.80. The number of hydrogen-bond donors (Lipinski definition) is 2. The zero-order valence-corrected chi connectivity index (χ0v) is 12.5. The maximum atomic E-state index is 8.97. The highest BCUT2D eigenvalue weighted by molar-refractivity contribution is 6.58. The normalized spacial score (nSPS) is 10.3. The second kappa shape index (κ2) is 7.57. The van der Waals surface area contributed by atoms with Gasteiger partial charge in [-0.15, -0.1) is 0 Å². The number of ether oxygens (including phenoxy) is 2. The van der Waals surface area contributed by atoms with Crippen LogP contribution in [0.3, 0.4) is 0 Å². The molecule has 2 aromatic carbocycles. The lowest BCUT2D eigenvalue weighted by Gasteiger charge is -2.09. The lowest BCUT2D eigenvalue weighted by Crippen LogP contribution is -2.29. The van der Waals surface area contributed by atoms with E-state index < -0.39 is 7.12 Å². The molecule has 0 aromatic heterocycles. The summed E-state index contributed by atoms with van der Waals surface area (Å²) >= 11 is 11.7. The molecule has 4 nitrogen and oxygen atoms in total. The van der Waals surface area contributed by atoms with Crippen LogP contribution in [-0.2, 0) is 0 Å². The van der Waals surface area contributed by atoms with Crippen LogP contribution in [0.2, 0.25) is 10.0 Å². The fraction of sp³-hybridized carbons (Fsp3) is 0.143. The van der Waals surface area contributed by atoms with Gasteiger partial charge in [-0.3, -0.25) is 0 Å². The van der Waals surface area contributed by atoms with Crippen molar-refractivity contribution in [1.29, 1.82) is 0 Å². The first-order valence-corrected chi connectivity index (χ1v) is 6.98. The highest BCUT2D eigenvalue weighted by Gasteiger charge is 2.09. The predicted octanol–water partition coefficient (Wildman–Crippen LogP) is 2.13. The third kappa shape index (κ3) is 4.83. The van der Waals surface area contributed by atoms with Crippen LogP contribution >= 0.6 is 23.2 Å². The zero-order valence-electron chi connectivity index (χ0n) is 11.0. The van der Waals surface area contributed by atoms with Gasteiger partial charge in [0, 0.05) is 6.07 Å². The second-order valence-electron chi connectivity index (χ2n) is 4.22. The van der Waals surface area contributed by atoms with Crippen molar-refractivity contribution in [3.05, 3.63) is 52.5 Å². The molecule has 2 rings (SSSR count). The van der Waals surface area contributed by atoms with Gasteiger partial charge in [-0.1, -0.05) is 35.3 Å². The number of hydrogen-bond acceptors (Lipinski definition) is 4. The first-order chi connectivity index (χ1) is 10.1. The summed E-state index contributed by atoms with van der Waals surface area (Å²) in [6.45, 7) is 0.698. The molecular weight excluding hydrogens is 314 g/mol. The van der Waals surface area contributed by atoms with E-state index in [4.69, 9.17) is 42.7 Å². The van der Waals surface area contributed by atoms with E-state index in [1.807, 2.05) is 0 Å². The largest absolute Gasteiger partial charge is 0.490 e. The Morgan fingerprint density at radius 3 is 1.95 bits per heavy atom. The van der Waals surface area contributed by atoms with Crippen LogP contribution in [0.15, 0.2) is 42.5 Å². The smallest absolute Gasteiger partial charge is 0.488 e. The van der Waals surface area contributed by atoms with Crippen molar-refractivity contribution in [3.63, 3.8) is 0 Å². The summed E-state index contributed by atoms with van der Waals surface area (Å²) < 4.78 is 10.9. The molecule has 0 aliphatic rings. The van der Waals surface area contributed by atoms with E-state index in [0.717, 1.165) is 0 Å². The van der Waals surface area contributed by atoms with Gasteiger partial charge in [0.05, 0.1) is 10.0 Å². The second-order valence-corrected chi connectivity index (χ2v) is 5.03. The lowest BCUT2D eigenvalue weighted by molar-refractivity contribution is 0.217. The molecule has 0 atom stereocenters. The Labute approximate surface area is 133 Å². The Bertz CT molecular complexity index is 590. The molecule has 0 radical (unpaired) electrons. The Morgan fingerprint density at radius 1 is 0.810 bits per heavy atom. The average molecular weight is 327 g/mol. The van der Waals surface area contributed by atoms with Crippen LogP contribution in [0.5, 0.6) is 11.5 Å². The first kappa shape index (κ1) is 16.0. The van der Waals surface area contributed by atoms with Gasteiger partial charge in [0.1, 0.15) is 24.7 Å². The maximum absolute atomic E-state index is 8.97. The summed E-state index contributed by atoms with van der Waals surface area (Å²) in [6, 6.07) is 11.5. The van der Waals surface area contributed by atoms with E-state index >= 15 is 0 Å². The van der Waals surface area contributed by atoms with Crippen molar-refractivity contribution < 1.29 is 19.5 Å². The van der Waals surface area contributed by atoms with Crippen LogP contribution in [0, 0.1) is 0 Å². The van der Waals surface area contributed by atoms with Crippen LogP contribution in [-0.4, -0.2) is 30.4 Å². The molecule has 0 fully saturated rings. The SMILES string of the molecule is OB(O)c1ccc(OCCOc2ccc(Cl)c(Cl)c2)cc1. The molecule has 7 heteroatoms. The van der Waals surface area contributed by atoms with Gasteiger partial charge in [0.2, 0.25) is 0 Å². The molecule has 0 amide bonds. The van der Waals surface area contributed by atoms with E-state index in [2.05, 4.69) is 0 Å². The highest BCUT2D eigenvalue weighted by atomic mass is 35.5. The molecule has 0 saturated heterocycles. The molecule has 0 unspecified atom stereocenters. The highest BCUT2D eigenvalue weighted by Crippen LogP contribution is 2.26. The Hall–Kier alpha value is -1.40. The minimum atomic E-state index is -1.47. The van der Waals surface area contributed by atoms with Gasteiger partial charge in [-0.05, 0) is 29.7 Å². The minimum Gasteiger partial charge on any atom is -0.490 e. The molecule has 0 heterocycles. The van der Waals surface area contributed by atoms with Gasteiger partial charge in [-0.2, -0.15) is 0 Å². The topological polar surface area (TPSA) is 58.9 Å². The Kier molecular flexibility index (Phi) is 5.76. The number of halogens is 2. The molecule has 0 aliphatic carbocycles.